The summed E-state index contributed by atoms with van der Waals surface area (Å²) in [6.07, 6.45) is 1.66. The first-order valence-corrected chi connectivity index (χ1v) is 10.7. The van der Waals surface area contributed by atoms with Crippen molar-refractivity contribution in [1.29, 1.82) is 0 Å². The van der Waals surface area contributed by atoms with Gasteiger partial charge in [-0.2, -0.15) is 4.31 Å². The maximum absolute atomic E-state index is 12.8. The Bertz CT molecular complexity index is 824. The van der Waals surface area contributed by atoms with Gasteiger partial charge in [-0.25, -0.2) is 8.42 Å². The van der Waals surface area contributed by atoms with Crippen LogP contribution in [0.25, 0.3) is 0 Å². The molecule has 0 atom stereocenters. The van der Waals surface area contributed by atoms with Crippen LogP contribution in [0.4, 0.5) is 0 Å². The highest BCUT2D eigenvalue weighted by molar-refractivity contribution is 9.10. The Morgan fingerprint density at radius 2 is 1.60 bits per heavy atom. The van der Waals surface area contributed by atoms with Crippen LogP contribution in [0, 0.1) is 0 Å². The van der Waals surface area contributed by atoms with E-state index in [1.54, 1.807) is 12.1 Å². The summed E-state index contributed by atoms with van der Waals surface area (Å²) >= 11 is 3.39. The van der Waals surface area contributed by atoms with Crippen molar-refractivity contribution in [3.8, 4) is 0 Å². The summed E-state index contributed by atoms with van der Waals surface area (Å²) in [6, 6.07) is 14.6. The monoisotopic (exact) mass is 423 g/mol. The van der Waals surface area contributed by atoms with E-state index in [0.717, 1.165) is 22.0 Å². The van der Waals surface area contributed by atoms with Crippen molar-refractivity contribution in [3.63, 3.8) is 0 Å². The number of nitrogens with zero attached hydrogens (tertiary/aromatic N) is 1. The number of piperidine rings is 1. The van der Waals surface area contributed by atoms with Gasteiger partial charge >= 0.3 is 0 Å². The molecule has 2 aromatic rings. The second-order valence-corrected chi connectivity index (χ2v) is 9.29. The van der Waals surface area contributed by atoms with Crippen molar-refractivity contribution >= 4 is 26.0 Å². The van der Waals surface area contributed by atoms with Gasteiger partial charge in [-0.15, -0.1) is 0 Å². The molecule has 1 saturated heterocycles. The third-order valence-electron chi connectivity index (χ3n) is 4.90. The smallest absolute Gasteiger partial charge is 0.243 e. The quantitative estimate of drug-likeness (QED) is 0.815. The molecule has 3 rings (SSSR count). The first-order chi connectivity index (χ1) is 11.8. The van der Waals surface area contributed by atoms with Gasteiger partial charge < -0.3 is 5.11 Å². The van der Waals surface area contributed by atoms with Gasteiger partial charge in [-0.3, -0.25) is 0 Å². The molecule has 4 nitrogen and oxygen atoms in total. The Kier molecular flexibility index (Phi) is 5.34. The first kappa shape index (κ1) is 18.6. The summed E-state index contributed by atoms with van der Waals surface area (Å²) in [5.41, 5.74) is 0.973. The van der Waals surface area contributed by atoms with E-state index in [1.165, 1.54) is 4.31 Å². The fourth-order valence-corrected chi connectivity index (χ4v) is 4.90. The van der Waals surface area contributed by atoms with E-state index in [1.807, 2.05) is 43.3 Å². The number of halogens is 1. The van der Waals surface area contributed by atoms with Crippen LogP contribution >= 0.6 is 15.9 Å². The highest BCUT2D eigenvalue weighted by Crippen LogP contribution is 2.35. The molecular weight excluding hydrogens is 402 g/mol. The molecule has 1 aliphatic rings. The van der Waals surface area contributed by atoms with Crippen LogP contribution in [-0.4, -0.2) is 30.9 Å². The Balaban J connectivity index is 1.75. The standard InChI is InChI=1S/C19H22BrNO3S/c1-2-15-3-9-18(10-4-15)25(23,24)21-13-11-19(22,12-14-21)16-5-7-17(20)8-6-16/h3-10,22H,2,11-14H2,1H3. The molecule has 0 amide bonds. The molecule has 1 N–H and O–H groups in total. The van der Waals surface area contributed by atoms with Crippen molar-refractivity contribution < 1.29 is 13.5 Å². The summed E-state index contributed by atoms with van der Waals surface area (Å²) < 4.78 is 28.1. The van der Waals surface area contributed by atoms with Gasteiger partial charge in [-0.05, 0) is 54.7 Å². The van der Waals surface area contributed by atoms with Crippen LogP contribution < -0.4 is 0 Å². The fraction of sp³-hybridized carbons (Fsp3) is 0.368. The fourth-order valence-electron chi connectivity index (χ4n) is 3.19. The number of sulfonamides is 1. The summed E-state index contributed by atoms with van der Waals surface area (Å²) in [4.78, 5) is 0.318. The Morgan fingerprint density at radius 3 is 2.12 bits per heavy atom. The van der Waals surface area contributed by atoms with Crippen molar-refractivity contribution in [2.75, 3.05) is 13.1 Å². The summed E-state index contributed by atoms with van der Waals surface area (Å²) in [5.74, 6) is 0. The average Bonchev–Trinajstić information content (AvgIpc) is 2.62. The number of rotatable bonds is 4. The predicted octanol–water partition coefficient (Wildman–Crippen LogP) is 3.68. The number of aliphatic hydroxyl groups is 1. The van der Waals surface area contributed by atoms with Gasteiger partial charge in [0.05, 0.1) is 10.5 Å². The van der Waals surface area contributed by atoms with Gasteiger partial charge in [-0.1, -0.05) is 47.1 Å². The minimum Gasteiger partial charge on any atom is -0.385 e. The summed E-state index contributed by atoms with van der Waals surface area (Å²) in [7, 11) is -3.51. The number of hydrogen-bond donors (Lipinski definition) is 1. The third-order valence-corrected chi connectivity index (χ3v) is 7.34. The molecule has 25 heavy (non-hydrogen) atoms. The minimum absolute atomic E-state index is 0.310. The molecule has 134 valence electrons. The van der Waals surface area contributed by atoms with Gasteiger partial charge in [0.15, 0.2) is 0 Å². The molecular formula is C19H22BrNO3S. The summed E-state index contributed by atoms with van der Waals surface area (Å²) in [5, 5.41) is 10.9. The zero-order valence-corrected chi connectivity index (χ0v) is 16.6. The highest BCUT2D eigenvalue weighted by Gasteiger charge is 2.38. The molecule has 0 spiro atoms. The van der Waals surface area contributed by atoms with E-state index >= 15 is 0 Å². The first-order valence-electron chi connectivity index (χ1n) is 8.43. The molecule has 0 aliphatic carbocycles. The molecule has 6 heteroatoms. The lowest BCUT2D eigenvalue weighted by Gasteiger charge is -2.38. The second-order valence-electron chi connectivity index (χ2n) is 6.44. The maximum atomic E-state index is 12.8. The molecule has 2 aromatic carbocycles. The Hall–Kier alpha value is -1.21. The normalized spacial score (nSPS) is 18.2. The number of benzene rings is 2. The zero-order chi connectivity index (χ0) is 18.1. The summed E-state index contributed by atoms with van der Waals surface area (Å²) in [6.45, 7) is 2.66. The molecule has 1 aliphatic heterocycles. The van der Waals surface area contributed by atoms with Gasteiger partial charge in [0.1, 0.15) is 0 Å². The van der Waals surface area contributed by atoms with Crippen molar-refractivity contribution in [3.05, 3.63) is 64.1 Å². The van der Waals surface area contributed by atoms with Gasteiger partial charge in [0.2, 0.25) is 10.0 Å². The Labute approximate surface area is 157 Å². The number of hydrogen-bond acceptors (Lipinski definition) is 3. The van der Waals surface area contributed by atoms with Crippen LogP contribution in [-0.2, 0) is 22.0 Å². The molecule has 0 radical (unpaired) electrons. The van der Waals surface area contributed by atoms with Crippen LogP contribution in [0.2, 0.25) is 0 Å². The largest absolute Gasteiger partial charge is 0.385 e. The molecule has 0 bridgehead atoms. The lowest BCUT2D eigenvalue weighted by molar-refractivity contribution is -0.00962. The van der Waals surface area contributed by atoms with Crippen LogP contribution in [0.15, 0.2) is 57.9 Å². The number of aryl methyl sites for hydroxylation is 1. The van der Waals surface area contributed by atoms with Crippen molar-refractivity contribution in [2.24, 2.45) is 0 Å². The van der Waals surface area contributed by atoms with E-state index < -0.39 is 15.6 Å². The molecule has 1 heterocycles. The van der Waals surface area contributed by atoms with E-state index in [4.69, 9.17) is 0 Å². The minimum atomic E-state index is -3.51. The molecule has 0 aromatic heterocycles. The Morgan fingerprint density at radius 1 is 1.04 bits per heavy atom. The second kappa shape index (κ2) is 7.19. The molecule has 1 fully saturated rings. The van der Waals surface area contributed by atoms with Crippen molar-refractivity contribution in [2.45, 2.75) is 36.7 Å². The SMILES string of the molecule is CCc1ccc(S(=O)(=O)N2CCC(O)(c3ccc(Br)cc3)CC2)cc1. The van der Waals surface area contributed by atoms with E-state index in [0.29, 0.717) is 30.8 Å². The molecule has 0 saturated carbocycles. The van der Waals surface area contributed by atoms with Gasteiger partial charge in [0.25, 0.3) is 0 Å². The van der Waals surface area contributed by atoms with E-state index in [-0.39, 0.29) is 0 Å². The lowest BCUT2D eigenvalue weighted by Crippen LogP contribution is -2.45. The van der Waals surface area contributed by atoms with Crippen LogP contribution in [0.1, 0.15) is 30.9 Å². The molecule has 0 unspecified atom stereocenters. The maximum Gasteiger partial charge on any atom is 0.243 e. The highest BCUT2D eigenvalue weighted by atomic mass is 79.9. The van der Waals surface area contributed by atoms with Crippen molar-refractivity contribution in [1.82, 2.24) is 4.31 Å². The predicted molar refractivity (Wildman–Crippen MR) is 102 cm³/mol. The van der Waals surface area contributed by atoms with Gasteiger partial charge in [0, 0.05) is 17.6 Å². The lowest BCUT2D eigenvalue weighted by atomic mass is 9.85. The zero-order valence-electron chi connectivity index (χ0n) is 14.2. The topological polar surface area (TPSA) is 57.6 Å². The van der Waals surface area contributed by atoms with Crippen LogP contribution in [0.5, 0.6) is 0 Å². The van der Waals surface area contributed by atoms with Crippen LogP contribution in [0.3, 0.4) is 0 Å². The van der Waals surface area contributed by atoms with E-state index in [2.05, 4.69) is 15.9 Å². The average molecular weight is 424 g/mol. The third kappa shape index (κ3) is 3.82. The van der Waals surface area contributed by atoms with E-state index in [9.17, 15) is 13.5 Å².